The molecule has 0 radical (unpaired) electrons. The molecule has 0 unspecified atom stereocenters. The number of imide groups is 1. The van der Waals surface area contributed by atoms with Gasteiger partial charge in [-0.1, -0.05) is 19.8 Å². The fourth-order valence-electron chi connectivity index (χ4n) is 6.40. The predicted octanol–water partition coefficient (Wildman–Crippen LogP) is 5.32. The topological polar surface area (TPSA) is 49.9 Å². The summed E-state index contributed by atoms with van der Waals surface area (Å²) in [6.07, 6.45) is 10.8. The van der Waals surface area contributed by atoms with Crippen LogP contribution in [0.15, 0.2) is 12.1 Å². The first kappa shape index (κ1) is 26.9. The molecule has 1 saturated heterocycles. The first-order chi connectivity index (χ1) is 16.0. The summed E-state index contributed by atoms with van der Waals surface area (Å²) in [5.41, 5.74) is 1.80. The molecule has 2 aliphatic carbocycles. The van der Waals surface area contributed by atoms with Gasteiger partial charge < -0.3 is 9.64 Å². The van der Waals surface area contributed by atoms with Gasteiger partial charge in [-0.2, -0.15) is 0 Å². The maximum Gasteiger partial charge on any atom is 0.229 e. The number of likely N-dealkylation sites (tertiary alicyclic amines) is 1. The molecule has 1 aromatic carbocycles. The number of halogens is 2. The molecule has 3 aliphatic rings. The van der Waals surface area contributed by atoms with Crippen molar-refractivity contribution in [2.75, 3.05) is 26.7 Å². The normalized spacial score (nSPS) is 21.6. The van der Waals surface area contributed by atoms with Crippen molar-refractivity contribution in [3.63, 3.8) is 0 Å². The molecule has 0 bridgehead atoms. The van der Waals surface area contributed by atoms with E-state index in [1.807, 2.05) is 0 Å². The van der Waals surface area contributed by atoms with Gasteiger partial charge in [0.05, 0.1) is 7.11 Å². The zero-order valence-corrected chi connectivity index (χ0v) is 21.6. The van der Waals surface area contributed by atoms with Crippen LogP contribution in [0.4, 0.5) is 4.39 Å². The number of carbonyl (C=O) groups is 2. The second-order valence-electron chi connectivity index (χ2n) is 10.3. The Morgan fingerprint density at radius 1 is 1.09 bits per heavy atom. The molecule has 2 amide bonds. The molecule has 1 spiro atoms. The fourth-order valence-corrected chi connectivity index (χ4v) is 6.40. The van der Waals surface area contributed by atoms with Crippen LogP contribution in [0.25, 0.3) is 0 Å². The second-order valence-corrected chi connectivity index (χ2v) is 10.3. The highest BCUT2D eigenvalue weighted by Crippen LogP contribution is 2.47. The van der Waals surface area contributed by atoms with Crippen LogP contribution >= 0.6 is 12.4 Å². The van der Waals surface area contributed by atoms with Gasteiger partial charge in [-0.25, -0.2) is 4.39 Å². The van der Waals surface area contributed by atoms with Crippen LogP contribution in [-0.2, 0) is 22.4 Å². The van der Waals surface area contributed by atoms with E-state index in [1.165, 1.54) is 11.0 Å². The standard InChI is InChI=1S/C27H39FN2O3.ClH/c1-3-14-29(20-8-9-21-22(17-20)24(33-2)11-10-23(21)28)15-6-7-16-30-25(31)18-27(19-26(30)32)12-4-5-13-27;/h10-11,20H,3-9,12-19H2,1-2H3;1H/t20-;/m0./s1. The highest BCUT2D eigenvalue weighted by atomic mass is 35.5. The van der Waals surface area contributed by atoms with E-state index >= 15 is 0 Å². The van der Waals surface area contributed by atoms with Crippen LogP contribution < -0.4 is 4.74 Å². The number of hydrogen-bond donors (Lipinski definition) is 0. The second kappa shape index (κ2) is 11.9. The molecule has 1 atom stereocenters. The Bertz CT molecular complexity index is 852. The molecule has 1 saturated carbocycles. The SMILES string of the molecule is CCCN(CCCCN1C(=O)CC2(CCCC2)CC1=O)[C@H]1CCc2c(F)ccc(OC)c2C1.Cl. The smallest absolute Gasteiger partial charge is 0.229 e. The fraction of sp³-hybridized carbons (Fsp3) is 0.704. The van der Waals surface area contributed by atoms with Gasteiger partial charge >= 0.3 is 0 Å². The monoisotopic (exact) mass is 494 g/mol. The number of ether oxygens (including phenoxy) is 1. The van der Waals surface area contributed by atoms with Crippen molar-refractivity contribution >= 4 is 24.2 Å². The van der Waals surface area contributed by atoms with E-state index in [0.29, 0.717) is 25.4 Å². The minimum Gasteiger partial charge on any atom is -0.496 e. The number of rotatable bonds is 9. The Hall–Kier alpha value is -1.66. The number of nitrogens with zero attached hydrogens (tertiary/aromatic N) is 2. The van der Waals surface area contributed by atoms with Crippen molar-refractivity contribution < 1.29 is 18.7 Å². The summed E-state index contributed by atoms with van der Waals surface area (Å²) in [5.74, 6) is 0.740. The molecule has 1 aliphatic heterocycles. The predicted molar refractivity (Wildman–Crippen MR) is 134 cm³/mol. The maximum absolute atomic E-state index is 14.3. The van der Waals surface area contributed by atoms with Crippen LogP contribution in [-0.4, -0.2) is 54.4 Å². The highest BCUT2D eigenvalue weighted by molar-refractivity contribution is 5.98. The number of carbonyl (C=O) groups excluding carboxylic acids is 2. The molecule has 1 heterocycles. The van der Waals surface area contributed by atoms with Crippen LogP contribution in [0.5, 0.6) is 5.75 Å². The highest BCUT2D eigenvalue weighted by Gasteiger charge is 2.44. The summed E-state index contributed by atoms with van der Waals surface area (Å²) in [6.45, 7) is 4.67. The van der Waals surface area contributed by atoms with E-state index < -0.39 is 0 Å². The molecule has 4 rings (SSSR count). The number of fused-ring (bicyclic) bond motifs is 1. The van der Waals surface area contributed by atoms with Gasteiger partial charge in [-0.15, -0.1) is 12.4 Å². The van der Waals surface area contributed by atoms with E-state index in [0.717, 1.165) is 94.2 Å². The number of amides is 2. The van der Waals surface area contributed by atoms with Gasteiger partial charge in [-0.3, -0.25) is 14.5 Å². The Kier molecular flexibility index (Phi) is 9.39. The Labute approximate surface area is 209 Å². The molecule has 0 aromatic heterocycles. The molecule has 5 nitrogen and oxygen atoms in total. The van der Waals surface area contributed by atoms with E-state index in [4.69, 9.17) is 4.74 Å². The summed E-state index contributed by atoms with van der Waals surface area (Å²) in [5, 5.41) is 0. The van der Waals surface area contributed by atoms with Gasteiger partial charge in [-0.05, 0) is 87.6 Å². The zero-order valence-electron chi connectivity index (χ0n) is 20.7. The van der Waals surface area contributed by atoms with Crippen LogP contribution in [0.2, 0.25) is 0 Å². The largest absolute Gasteiger partial charge is 0.496 e. The number of piperidine rings is 1. The van der Waals surface area contributed by atoms with Crippen molar-refractivity contribution in [2.24, 2.45) is 5.41 Å². The molecule has 1 aromatic rings. The summed E-state index contributed by atoms with van der Waals surface area (Å²) in [7, 11) is 1.65. The Morgan fingerprint density at radius 2 is 1.79 bits per heavy atom. The molecule has 0 N–H and O–H groups in total. The lowest BCUT2D eigenvalue weighted by Crippen LogP contribution is -2.47. The first-order valence-corrected chi connectivity index (χ1v) is 12.9. The van der Waals surface area contributed by atoms with E-state index in [-0.39, 0.29) is 35.5 Å². The Balaban J connectivity index is 0.00000324. The van der Waals surface area contributed by atoms with Crippen LogP contribution in [0.1, 0.15) is 82.3 Å². The summed E-state index contributed by atoms with van der Waals surface area (Å²) in [6, 6.07) is 3.62. The summed E-state index contributed by atoms with van der Waals surface area (Å²) >= 11 is 0. The molecular formula is C27H40ClFN2O3. The maximum atomic E-state index is 14.3. The lowest BCUT2D eigenvalue weighted by Gasteiger charge is -2.38. The van der Waals surface area contributed by atoms with Crippen LogP contribution in [0.3, 0.4) is 0 Å². The molecular weight excluding hydrogens is 455 g/mol. The summed E-state index contributed by atoms with van der Waals surface area (Å²) in [4.78, 5) is 29.4. The third-order valence-electron chi connectivity index (χ3n) is 8.14. The van der Waals surface area contributed by atoms with Gasteiger partial charge in [0.25, 0.3) is 0 Å². The van der Waals surface area contributed by atoms with Crippen molar-refractivity contribution in [1.82, 2.24) is 9.80 Å². The molecule has 2 fully saturated rings. The first-order valence-electron chi connectivity index (χ1n) is 12.9. The van der Waals surface area contributed by atoms with Gasteiger partial charge in [0.1, 0.15) is 11.6 Å². The quantitative estimate of drug-likeness (QED) is 0.344. The minimum atomic E-state index is -0.124. The molecule has 7 heteroatoms. The average molecular weight is 495 g/mol. The molecule has 34 heavy (non-hydrogen) atoms. The number of unbranched alkanes of at least 4 members (excludes halogenated alkanes) is 1. The van der Waals surface area contributed by atoms with Gasteiger partial charge in [0.15, 0.2) is 0 Å². The van der Waals surface area contributed by atoms with Crippen LogP contribution in [0, 0.1) is 11.2 Å². The Morgan fingerprint density at radius 3 is 2.44 bits per heavy atom. The third kappa shape index (κ3) is 5.76. The summed E-state index contributed by atoms with van der Waals surface area (Å²) < 4.78 is 19.8. The third-order valence-corrected chi connectivity index (χ3v) is 8.14. The van der Waals surface area contributed by atoms with Crippen molar-refractivity contribution in [2.45, 2.75) is 90.0 Å². The number of methoxy groups -OCH3 is 1. The van der Waals surface area contributed by atoms with Gasteiger partial charge in [0, 0.05) is 31.0 Å². The number of benzene rings is 1. The number of hydrogen-bond acceptors (Lipinski definition) is 4. The lowest BCUT2D eigenvalue weighted by molar-refractivity contribution is -0.153. The van der Waals surface area contributed by atoms with E-state index in [1.54, 1.807) is 13.2 Å². The average Bonchev–Trinajstić information content (AvgIpc) is 3.24. The van der Waals surface area contributed by atoms with Gasteiger partial charge in [0.2, 0.25) is 11.8 Å². The van der Waals surface area contributed by atoms with Crippen molar-refractivity contribution in [1.29, 1.82) is 0 Å². The van der Waals surface area contributed by atoms with E-state index in [2.05, 4.69) is 11.8 Å². The lowest BCUT2D eigenvalue weighted by atomic mass is 9.76. The van der Waals surface area contributed by atoms with E-state index in [9.17, 15) is 14.0 Å². The zero-order chi connectivity index (χ0) is 23.4. The van der Waals surface area contributed by atoms with Crippen molar-refractivity contribution in [3.8, 4) is 5.75 Å². The minimum absolute atomic E-state index is 0. The molecule has 190 valence electrons. The van der Waals surface area contributed by atoms with Crippen molar-refractivity contribution in [3.05, 3.63) is 29.1 Å².